The van der Waals surface area contributed by atoms with E-state index in [1.54, 1.807) is 0 Å². The van der Waals surface area contributed by atoms with Gasteiger partial charge in [-0.05, 0) is 37.6 Å². The van der Waals surface area contributed by atoms with Gasteiger partial charge >= 0.3 is 0 Å². The summed E-state index contributed by atoms with van der Waals surface area (Å²) < 4.78 is 5.38. The van der Waals surface area contributed by atoms with Crippen molar-refractivity contribution in [3.8, 4) is 0 Å². The summed E-state index contributed by atoms with van der Waals surface area (Å²) in [5.74, 6) is 1.44. The first kappa shape index (κ1) is 12.3. The standard InChI is InChI=1S/C13H26N2O/c14-13-5-3-1-2-4-12(13)9-15-8-11-6-7-16-10-11/h11-13,15H,1-10,14H2. The molecule has 0 spiro atoms. The summed E-state index contributed by atoms with van der Waals surface area (Å²) >= 11 is 0. The highest BCUT2D eigenvalue weighted by Gasteiger charge is 2.21. The van der Waals surface area contributed by atoms with Gasteiger partial charge in [-0.15, -0.1) is 0 Å². The average molecular weight is 226 g/mol. The lowest BCUT2D eigenvalue weighted by atomic mass is 9.95. The van der Waals surface area contributed by atoms with Crippen molar-refractivity contribution in [2.75, 3.05) is 26.3 Å². The van der Waals surface area contributed by atoms with E-state index in [1.165, 1.54) is 38.5 Å². The van der Waals surface area contributed by atoms with Crippen molar-refractivity contribution >= 4 is 0 Å². The third-order valence-electron chi connectivity index (χ3n) is 4.08. The van der Waals surface area contributed by atoms with Gasteiger partial charge in [0.15, 0.2) is 0 Å². The SMILES string of the molecule is NC1CCCCCC1CNCC1CCOC1. The Bertz CT molecular complexity index is 192. The van der Waals surface area contributed by atoms with E-state index in [1.807, 2.05) is 0 Å². The van der Waals surface area contributed by atoms with E-state index in [-0.39, 0.29) is 0 Å². The number of hydrogen-bond donors (Lipinski definition) is 2. The minimum absolute atomic E-state index is 0.426. The molecule has 1 aliphatic heterocycles. The Morgan fingerprint density at radius 2 is 1.94 bits per heavy atom. The van der Waals surface area contributed by atoms with Crippen molar-refractivity contribution in [3.05, 3.63) is 0 Å². The van der Waals surface area contributed by atoms with Gasteiger partial charge in [0, 0.05) is 19.2 Å². The van der Waals surface area contributed by atoms with Crippen LogP contribution in [-0.4, -0.2) is 32.3 Å². The topological polar surface area (TPSA) is 47.3 Å². The second-order valence-electron chi connectivity index (χ2n) is 5.45. The summed E-state index contributed by atoms with van der Waals surface area (Å²) in [4.78, 5) is 0. The molecule has 3 heteroatoms. The van der Waals surface area contributed by atoms with Gasteiger partial charge in [0.1, 0.15) is 0 Å². The number of nitrogens with one attached hydrogen (secondary N) is 1. The highest BCUT2D eigenvalue weighted by molar-refractivity contribution is 4.78. The molecule has 1 saturated carbocycles. The Morgan fingerprint density at radius 1 is 1.06 bits per heavy atom. The fourth-order valence-corrected chi connectivity index (χ4v) is 2.88. The largest absolute Gasteiger partial charge is 0.381 e. The van der Waals surface area contributed by atoms with E-state index in [0.717, 1.165) is 32.2 Å². The maximum atomic E-state index is 6.21. The first-order valence-corrected chi connectivity index (χ1v) is 6.90. The van der Waals surface area contributed by atoms with Crippen molar-refractivity contribution in [1.29, 1.82) is 0 Å². The number of hydrogen-bond acceptors (Lipinski definition) is 3. The van der Waals surface area contributed by atoms with E-state index in [4.69, 9.17) is 10.5 Å². The van der Waals surface area contributed by atoms with Crippen molar-refractivity contribution in [2.45, 2.75) is 44.6 Å². The molecular formula is C13H26N2O. The zero-order chi connectivity index (χ0) is 11.2. The monoisotopic (exact) mass is 226 g/mol. The molecule has 2 aliphatic rings. The van der Waals surface area contributed by atoms with E-state index in [0.29, 0.717) is 12.0 Å². The lowest BCUT2D eigenvalue weighted by Gasteiger charge is -2.22. The van der Waals surface area contributed by atoms with Crippen LogP contribution in [0.3, 0.4) is 0 Å². The lowest BCUT2D eigenvalue weighted by Crippen LogP contribution is -2.38. The number of nitrogens with two attached hydrogens (primary N) is 1. The first-order valence-electron chi connectivity index (χ1n) is 6.90. The van der Waals surface area contributed by atoms with E-state index >= 15 is 0 Å². The van der Waals surface area contributed by atoms with Crippen LogP contribution in [0, 0.1) is 11.8 Å². The molecule has 1 heterocycles. The molecule has 0 aromatic rings. The maximum absolute atomic E-state index is 6.21. The van der Waals surface area contributed by atoms with Crippen LogP contribution in [0.1, 0.15) is 38.5 Å². The van der Waals surface area contributed by atoms with Crippen LogP contribution in [0.5, 0.6) is 0 Å². The van der Waals surface area contributed by atoms with Gasteiger partial charge in [-0.25, -0.2) is 0 Å². The molecule has 0 bridgehead atoms. The van der Waals surface area contributed by atoms with Gasteiger partial charge in [-0.3, -0.25) is 0 Å². The maximum Gasteiger partial charge on any atom is 0.0507 e. The molecule has 0 aromatic carbocycles. The average Bonchev–Trinajstić information content (AvgIpc) is 2.71. The molecule has 2 fully saturated rings. The molecule has 0 radical (unpaired) electrons. The van der Waals surface area contributed by atoms with E-state index in [2.05, 4.69) is 5.32 Å². The Balaban J connectivity index is 1.63. The Morgan fingerprint density at radius 3 is 2.75 bits per heavy atom. The van der Waals surface area contributed by atoms with Crippen LogP contribution in [0.15, 0.2) is 0 Å². The molecule has 1 aliphatic carbocycles. The molecular weight excluding hydrogens is 200 g/mol. The fourth-order valence-electron chi connectivity index (χ4n) is 2.88. The minimum Gasteiger partial charge on any atom is -0.381 e. The summed E-state index contributed by atoms with van der Waals surface area (Å²) in [6.07, 6.45) is 7.83. The summed E-state index contributed by atoms with van der Waals surface area (Å²) in [6.45, 7) is 4.12. The smallest absolute Gasteiger partial charge is 0.0507 e. The van der Waals surface area contributed by atoms with Crippen molar-refractivity contribution in [2.24, 2.45) is 17.6 Å². The second kappa shape index (κ2) is 6.58. The molecule has 0 aromatic heterocycles. The summed E-state index contributed by atoms with van der Waals surface area (Å²) in [5.41, 5.74) is 6.21. The summed E-state index contributed by atoms with van der Waals surface area (Å²) in [7, 11) is 0. The van der Waals surface area contributed by atoms with Crippen LogP contribution in [-0.2, 0) is 4.74 Å². The van der Waals surface area contributed by atoms with Crippen molar-refractivity contribution in [3.63, 3.8) is 0 Å². The number of ether oxygens (including phenoxy) is 1. The van der Waals surface area contributed by atoms with Gasteiger partial charge in [0.25, 0.3) is 0 Å². The summed E-state index contributed by atoms with van der Waals surface area (Å²) in [6, 6.07) is 0.426. The molecule has 3 unspecified atom stereocenters. The predicted octanol–water partition coefficient (Wildman–Crippen LogP) is 1.52. The molecule has 0 amide bonds. The fraction of sp³-hybridized carbons (Fsp3) is 1.00. The third kappa shape index (κ3) is 3.72. The van der Waals surface area contributed by atoms with Crippen LogP contribution >= 0.6 is 0 Å². The lowest BCUT2D eigenvalue weighted by molar-refractivity contribution is 0.184. The van der Waals surface area contributed by atoms with Crippen LogP contribution in [0.2, 0.25) is 0 Å². The zero-order valence-electron chi connectivity index (χ0n) is 10.3. The second-order valence-corrected chi connectivity index (χ2v) is 5.45. The highest BCUT2D eigenvalue weighted by atomic mass is 16.5. The first-order chi connectivity index (χ1) is 7.86. The summed E-state index contributed by atoms with van der Waals surface area (Å²) in [5, 5.41) is 3.60. The Labute approximate surface area is 99.1 Å². The van der Waals surface area contributed by atoms with Gasteiger partial charge in [-0.2, -0.15) is 0 Å². The molecule has 2 rings (SSSR count). The van der Waals surface area contributed by atoms with E-state index < -0.39 is 0 Å². The van der Waals surface area contributed by atoms with Crippen LogP contribution < -0.4 is 11.1 Å². The van der Waals surface area contributed by atoms with E-state index in [9.17, 15) is 0 Å². The van der Waals surface area contributed by atoms with Gasteiger partial charge < -0.3 is 15.8 Å². The normalized spacial score (nSPS) is 36.2. The van der Waals surface area contributed by atoms with Crippen molar-refractivity contribution in [1.82, 2.24) is 5.32 Å². The van der Waals surface area contributed by atoms with Crippen LogP contribution in [0.25, 0.3) is 0 Å². The molecule has 3 atom stereocenters. The van der Waals surface area contributed by atoms with Crippen molar-refractivity contribution < 1.29 is 4.74 Å². The minimum atomic E-state index is 0.426. The quantitative estimate of drug-likeness (QED) is 0.715. The zero-order valence-corrected chi connectivity index (χ0v) is 10.3. The highest BCUT2D eigenvalue weighted by Crippen LogP contribution is 2.21. The number of rotatable bonds is 4. The molecule has 1 saturated heterocycles. The predicted molar refractivity (Wildman–Crippen MR) is 66.3 cm³/mol. The molecule has 3 nitrogen and oxygen atoms in total. The van der Waals surface area contributed by atoms with Gasteiger partial charge in [0.05, 0.1) is 6.61 Å². The molecule has 3 N–H and O–H groups in total. The van der Waals surface area contributed by atoms with Gasteiger partial charge in [0.2, 0.25) is 0 Å². The molecule has 16 heavy (non-hydrogen) atoms. The van der Waals surface area contributed by atoms with Crippen LogP contribution in [0.4, 0.5) is 0 Å². The van der Waals surface area contributed by atoms with Gasteiger partial charge in [-0.1, -0.05) is 19.3 Å². The molecule has 94 valence electrons. The Kier molecular flexibility index (Phi) is 5.07. The third-order valence-corrected chi connectivity index (χ3v) is 4.08. The Hall–Kier alpha value is -0.120.